The minimum Gasteiger partial charge on any atom is -0.378 e. The number of rotatable bonds is 5. The van der Waals surface area contributed by atoms with Crippen LogP contribution in [-0.4, -0.2) is 42.2 Å². The van der Waals surface area contributed by atoms with Gasteiger partial charge in [-0.15, -0.1) is 0 Å². The van der Waals surface area contributed by atoms with Gasteiger partial charge in [-0.3, -0.25) is 0 Å². The third-order valence-electron chi connectivity index (χ3n) is 4.98. The molecule has 0 aliphatic carbocycles. The highest BCUT2D eigenvalue weighted by molar-refractivity contribution is 5.89. The van der Waals surface area contributed by atoms with Crippen LogP contribution in [0.4, 0.5) is 20.7 Å². The lowest BCUT2D eigenvalue weighted by atomic mass is 9.95. The number of piperidine rings is 1. The van der Waals surface area contributed by atoms with E-state index in [1.807, 2.05) is 6.07 Å². The standard InChI is InChI=1S/C22H30FN5O2/c1-22(2,3)20-24-18(14-30-4)13-19(27-20)28-11-9-17(10-12-28)26-21(29)25-16-7-5-15(23)6-8-16/h5-8,13,17H,9-12,14H2,1-4H3,(H2,25,26,29). The second kappa shape index (κ2) is 9.38. The third-order valence-corrected chi connectivity index (χ3v) is 4.98. The van der Waals surface area contributed by atoms with Gasteiger partial charge in [-0.25, -0.2) is 19.2 Å². The largest absolute Gasteiger partial charge is 0.378 e. The number of hydrogen-bond acceptors (Lipinski definition) is 5. The number of urea groups is 1. The molecule has 162 valence electrons. The van der Waals surface area contributed by atoms with E-state index in [2.05, 4.69) is 41.3 Å². The SMILES string of the molecule is COCc1cc(N2CCC(NC(=O)Nc3ccc(F)cc3)CC2)nc(C(C)(C)C)n1. The monoisotopic (exact) mass is 415 g/mol. The van der Waals surface area contributed by atoms with Crippen molar-refractivity contribution < 1.29 is 13.9 Å². The Morgan fingerprint density at radius 2 is 1.87 bits per heavy atom. The molecule has 0 bridgehead atoms. The number of ether oxygens (including phenoxy) is 1. The molecule has 30 heavy (non-hydrogen) atoms. The summed E-state index contributed by atoms with van der Waals surface area (Å²) in [7, 11) is 1.66. The first-order valence-corrected chi connectivity index (χ1v) is 10.2. The van der Waals surface area contributed by atoms with Crippen LogP contribution in [0.5, 0.6) is 0 Å². The van der Waals surface area contributed by atoms with E-state index in [9.17, 15) is 9.18 Å². The number of carbonyl (C=O) groups is 1. The molecule has 1 aliphatic rings. The molecule has 0 spiro atoms. The molecule has 2 amide bonds. The summed E-state index contributed by atoms with van der Waals surface area (Å²) in [5.41, 5.74) is 1.27. The van der Waals surface area contributed by atoms with Crippen LogP contribution in [0.15, 0.2) is 30.3 Å². The van der Waals surface area contributed by atoms with Crippen LogP contribution >= 0.6 is 0 Å². The number of nitrogens with one attached hydrogen (secondary N) is 2. The predicted molar refractivity (Wildman–Crippen MR) is 115 cm³/mol. The van der Waals surface area contributed by atoms with Gasteiger partial charge in [-0.05, 0) is 37.1 Å². The number of amides is 2. The van der Waals surface area contributed by atoms with Crippen molar-refractivity contribution in [2.45, 2.75) is 51.7 Å². The molecular formula is C22H30FN5O2. The first kappa shape index (κ1) is 22.0. The quantitative estimate of drug-likeness (QED) is 0.775. The number of anilines is 2. The Morgan fingerprint density at radius 3 is 2.47 bits per heavy atom. The van der Waals surface area contributed by atoms with E-state index in [0.717, 1.165) is 43.3 Å². The molecule has 0 radical (unpaired) electrons. The first-order valence-electron chi connectivity index (χ1n) is 10.2. The van der Waals surface area contributed by atoms with E-state index in [1.54, 1.807) is 7.11 Å². The second-order valence-corrected chi connectivity index (χ2v) is 8.59. The van der Waals surface area contributed by atoms with Crippen LogP contribution in [0.25, 0.3) is 0 Å². The normalized spacial score (nSPS) is 15.2. The zero-order valence-corrected chi connectivity index (χ0v) is 18.0. The van der Waals surface area contributed by atoms with Crippen molar-refractivity contribution in [3.8, 4) is 0 Å². The minimum atomic E-state index is -0.332. The van der Waals surface area contributed by atoms with Crippen LogP contribution in [0.2, 0.25) is 0 Å². The van der Waals surface area contributed by atoms with E-state index < -0.39 is 0 Å². The lowest BCUT2D eigenvalue weighted by Crippen LogP contribution is -2.46. The molecule has 2 heterocycles. The molecule has 3 rings (SSSR count). The number of aromatic nitrogens is 2. The van der Waals surface area contributed by atoms with Crippen LogP contribution in [0.1, 0.15) is 45.1 Å². The summed E-state index contributed by atoms with van der Waals surface area (Å²) < 4.78 is 18.3. The van der Waals surface area contributed by atoms with Crippen LogP contribution in [0, 0.1) is 5.82 Å². The van der Waals surface area contributed by atoms with Crippen LogP contribution in [0.3, 0.4) is 0 Å². The fourth-order valence-corrected chi connectivity index (χ4v) is 3.34. The van der Waals surface area contributed by atoms with E-state index in [-0.39, 0.29) is 23.3 Å². The maximum Gasteiger partial charge on any atom is 0.319 e. The molecule has 0 unspecified atom stereocenters. The summed E-state index contributed by atoms with van der Waals surface area (Å²) in [4.78, 5) is 23.9. The molecule has 1 saturated heterocycles. The molecule has 2 aromatic rings. The number of nitrogens with zero attached hydrogens (tertiary/aromatic N) is 3. The van der Waals surface area contributed by atoms with Gasteiger partial charge in [0.1, 0.15) is 17.5 Å². The average molecular weight is 416 g/mol. The highest BCUT2D eigenvalue weighted by atomic mass is 19.1. The molecule has 8 heteroatoms. The molecular weight excluding hydrogens is 385 g/mol. The summed E-state index contributed by atoms with van der Waals surface area (Å²) in [5.74, 6) is 1.36. The highest BCUT2D eigenvalue weighted by Gasteiger charge is 2.25. The summed E-state index contributed by atoms with van der Waals surface area (Å²) in [5, 5.41) is 5.74. The average Bonchev–Trinajstić information content (AvgIpc) is 2.70. The zero-order valence-electron chi connectivity index (χ0n) is 18.0. The van der Waals surface area contributed by atoms with Gasteiger partial charge in [0.25, 0.3) is 0 Å². The molecule has 1 aromatic carbocycles. The van der Waals surface area contributed by atoms with Crippen molar-refractivity contribution in [1.82, 2.24) is 15.3 Å². The van der Waals surface area contributed by atoms with Gasteiger partial charge >= 0.3 is 6.03 Å². The van der Waals surface area contributed by atoms with Gasteiger partial charge in [-0.1, -0.05) is 20.8 Å². The maximum atomic E-state index is 13.0. The molecule has 0 atom stereocenters. The van der Waals surface area contributed by atoms with Crippen molar-refractivity contribution in [3.05, 3.63) is 47.7 Å². The van der Waals surface area contributed by atoms with Crippen molar-refractivity contribution in [2.75, 3.05) is 30.4 Å². The van der Waals surface area contributed by atoms with E-state index in [0.29, 0.717) is 12.3 Å². The number of benzene rings is 1. The fourth-order valence-electron chi connectivity index (χ4n) is 3.34. The Balaban J connectivity index is 1.59. The Morgan fingerprint density at radius 1 is 1.20 bits per heavy atom. The third kappa shape index (κ3) is 5.89. The van der Waals surface area contributed by atoms with Crippen LogP contribution in [-0.2, 0) is 16.8 Å². The first-order chi connectivity index (χ1) is 14.2. The predicted octanol–water partition coefficient (Wildman–Crippen LogP) is 3.85. The van der Waals surface area contributed by atoms with Gasteiger partial charge in [0.15, 0.2) is 0 Å². The summed E-state index contributed by atoms with van der Waals surface area (Å²) in [6, 6.07) is 7.49. The summed E-state index contributed by atoms with van der Waals surface area (Å²) in [6.45, 7) is 8.30. The van der Waals surface area contributed by atoms with Gasteiger partial charge in [0, 0.05) is 43.4 Å². The smallest absolute Gasteiger partial charge is 0.319 e. The Hall–Kier alpha value is -2.74. The van der Waals surface area contributed by atoms with E-state index in [1.165, 1.54) is 24.3 Å². The van der Waals surface area contributed by atoms with E-state index in [4.69, 9.17) is 9.72 Å². The fraction of sp³-hybridized carbons (Fsp3) is 0.500. The molecule has 1 fully saturated rings. The molecule has 1 aromatic heterocycles. The van der Waals surface area contributed by atoms with E-state index >= 15 is 0 Å². The minimum absolute atomic E-state index is 0.0732. The Kier molecular flexibility index (Phi) is 6.87. The molecule has 7 nitrogen and oxygen atoms in total. The van der Waals surface area contributed by atoms with Gasteiger partial charge in [0.2, 0.25) is 0 Å². The number of methoxy groups -OCH3 is 1. The summed E-state index contributed by atoms with van der Waals surface area (Å²) >= 11 is 0. The van der Waals surface area contributed by atoms with Gasteiger partial charge in [-0.2, -0.15) is 0 Å². The number of hydrogen-bond donors (Lipinski definition) is 2. The van der Waals surface area contributed by atoms with Crippen LogP contribution < -0.4 is 15.5 Å². The molecule has 1 aliphatic heterocycles. The lowest BCUT2D eigenvalue weighted by molar-refractivity contribution is 0.181. The Bertz CT molecular complexity index is 859. The van der Waals surface area contributed by atoms with Crippen molar-refractivity contribution in [2.24, 2.45) is 0 Å². The second-order valence-electron chi connectivity index (χ2n) is 8.59. The zero-order chi connectivity index (χ0) is 21.7. The van der Waals surface area contributed by atoms with Crippen molar-refractivity contribution in [3.63, 3.8) is 0 Å². The van der Waals surface area contributed by atoms with Gasteiger partial charge < -0.3 is 20.3 Å². The summed E-state index contributed by atoms with van der Waals surface area (Å²) in [6.07, 6.45) is 1.62. The van der Waals surface area contributed by atoms with Crippen molar-refractivity contribution in [1.29, 1.82) is 0 Å². The number of halogens is 1. The van der Waals surface area contributed by atoms with Crippen molar-refractivity contribution >= 4 is 17.5 Å². The molecule has 0 saturated carbocycles. The highest BCUT2D eigenvalue weighted by Crippen LogP contribution is 2.24. The molecule has 2 N–H and O–H groups in total. The Labute approximate surface area is 177 Å². The maximum absolute atomic E-state index is 13.0. The number of carbonyl (C=O) groups excluding carboxylic acids is 1. The topological polar surface area (TPSA) is 79.4 Å². The lowest BCUT2D eigenvalue weighted by Gasteiger charge is -2.34. The van der Waals surface area contributed by atoms with Gasteiger partial charge in [0.05, 0.1) is 12.3 Å².